The summed E-state index contributed by atoms with van der Waals surface area (Å²) in [7, 11) is 0. The fraction of sp³-hybridized carbons (Fsp3) is 0.611. The number of amides is 1. The molecule has 2 atom stereocenters. The van der Waals surface area contributed by atoms with Crippen molar-refractivity contribution >= 4 is 12.0 Å². The van der Waals surface area contributed by atoms with Crippen LogP contribution in [0.5, 0.6) is 0 Å². The maximum absolute atomic E-state index is 12.9. The molecule has 2 aliphatic rings. The third kappa shape index (κ3) is 2.92. The largest absolute Gasteiger partial charge is 0.354 e. The molecule has 3 nitrogen and oxygen atoms in total. The molecule has 1 aromatic rings. The van der Waals surface area contributed by atoms with Gasteiger partial charge in [-0.05, 0) is 50.2 Å². The molecule has 3 heteroatoms. The molecule has 2 aliphatic carbocycles. The highest BCUT2D eigenvalue weighted by Gasteiger charge is 2.28. The summed E-state index contributed by atoms with van der Waals surface area (Å²) in [5.74, 6) is 0.921. The molecule has 0 bridgehead atoms. The van der Waals surface area contributed by atoms with E-state index in [2.05, 4.69) is 35.9 Å². The van der Waals surface area contributed by atoms with Crippen LogP contribution >= 0.6 is 0 Å². The van der Waals surface area contributed by atoms with Crippen molar-refractivity contribution in [3.63, 3.8) is 0 Å². The molecule has 0 aromatic carbocycles. The van der Waals surface area contributed by atoms with E-state index in [4.69, 9.17) is 0 Å². The normalized spacial score (nSPS) is 24.7. The van der Waals surface area contributed by atoms with Crippen LogP contribution in [0.4, 0.5) is 0 Å². The molecule has 0 saturated heterocycles. The van der Waals surface area contributed by atoms with Gasteiger partial charge < -0.3 is 9.88 Å². The fourth-order valence-corrected chi connectivity index (χ4v) is 3.83. The number of aryl methyl sites for hydroxylation is 1. The predicted molar refractivity (Wildman–Crippen MR) is 86.3 cm³/mol. The SMILES string of the molecule is CCN(C(=O)c1cc2c([nH]1)CCC=C2)C1CCCC(C)C1. The van der Waals surface area contributed by atoms with Gasteiger partial charge in [0.15, 0.2) is 0 Å². The molecule has 21 heavy (non-hydrogen) atoms. The molecule has 1 fully saturated rings. The Bertz CT molecular complexity index is 543. The van der Waals surface area contributed by atoms with Gasteiger partial charge in [-0.1, -0.05) is 31.9 Å². The number of nitrogens with zero attached hydrogens (tertiary/aromatic N) is 1. The zero-order valence-electron chi connectivity index (χ0n) is 13.2. The molecule has 0 radical (unpaired) electrons. The van der Waals surface area contributed by atoms with E-state index in [1.54, 1.807) is 0 Å². The van der Waals surface area contributed by atoms with Crippen LogP contribution < -0.4 is 0 Å². The van der Waals surface area contributed by atoms with E-state index >= 15 is 0 Å². The van der Waals surface area contributed by atoms with E-state index in [0.29, 0.717) is 6.04 Å². The number of hydrogen-bond acceptors (Lipinski definition) is 1. The van der Waals surface area contributed by atoms with E-state index < -0.39 is 0 Å². The molecular formula is C18H26N2O. The van der Waals surface area contributed by atoms with Gasteiger partial charge in [-0.15, -0.1) is 0 Å². The van der Waals surface area contributed by atoms with Crippen LogP contribution in [0.3, 0.4) is 0 Å². The summed E-state index contributed by atoms with van der Waals surface area (Å²) in [6.45, 7) is 5.21. The molecule has 0 spiro atoms. The minimum Gasteiger partial charge on any atom is -0.354 e. The fourth-order valence-electron chi connectivity index (χ4n) is 3.83. The van der Waals surface area contributed by atoms with Crippen LogP contribution in [0.25, 0.3) is 6.08 Å². The van der Waals surface area contributed by atoms with E-state index in [1.807, 2.05) is 6.07 Å². The Morgan fingerprint density at radius 2 is 2.29 bits per heavy atom. The number of aromatic nitrogens is 1. The van der Waals surface area contributed by atoms with Gasteiger partial charge in [0.25, 0.3) is 5.91 Å². The lowest BCUT2D eigenvalue weighted by Crippen LogP contribution is -2.42. The lowest BCUT2D eigenvalue weighted by molar-refractivity contribution is 0.0614. The van der Waals surface area contributed by atoms with Crippen LogP contribution in [0, 0.1) is 5.92 Å². The standard InChI is InChI=1S/C18H26N2O/c1-3-20(15-9-6-7-13(2)11-15)18(21)17-12-14-8-4-5-10-16(14)19-17/h4,8,12-13,15,19H,3,5-7,9-11H2,1-2H3. The van der Waals surface area contributed by atoms with E-state index in [-0.39, 0.29) is 5.91 Å². The number of rotatable bonds is 3. The second-order valence-corrected chi connectivity index (χ2v) is 6.57. The number of fused-ring (bicyclic) bond motifs is 1. The molecular weight excluding hydrogens is 260 g/mol. The van der Waals surface area contributed by atoms with Crippen LogP contribution in [0.2, 0.25) is 0 Å². The van der Waals surface area contributed by atoms with Crippen LogP contribution in [-0.4, -0.2) is 28.4 Å². The number of H-pyrrole nitrogens is 1. The Balaban J connectivity index is 1.78. The van der Waals surface area contributed by atoms with Crippen LogP contribution in [-0.2, 0) is 6.42 Å². The highest BCUT2D eigenvalue weighted by molar-refractivity contribution is 5.93. The minimum atomic E-state index is 0.180. The molecule has 2 unspecified atom stereocenters. The Kier molecular flexibility index (Phi) is 4.18. The first-order valence-electron chi connectivity index (χ1n) is 8.38. The first-order valence-corrected chi connectivity index (χ1v) is 8.38. The van der Waals surface area contributed by atoms with Crippen molar-refractivity contribution in [1.82, 2.24) is 9.88 Å². The van der Waals surface area contributed by atoms with Crippen molar-refractivity contribution in [2.45, 2.75) is 58.4 Å². The molecule has 1 N–H and O–H groups in total. The van der Waals surface area contributed by atoms with Crippen molar-refractivity contribution in [2.24, 2.45) is 5.92 Å². The molecule has 3 rings (SSSR count). The lowest BCUT2D eigenvalue weighted by Gasteiger charge is -2.35. The summed E-state index contributed by atoms with van der Waals surface area (Å²) >= 11 is 0. The Hall–Kier alpha value is -1.51. The Morgan fingerprint density at radius 1 is 1.43 bits per heavy atom. The smallest absolute Gasteiger partial charge is 0.270 e. The average molecular weight is 286 g/mol. The van der Waals surface area contributed by atoms with Gasteiger partial charge in [0.2, 0.25) is 0 Å². The monoisotopic (exact) mass is 286 g/mol. The highest BCUT2D eigenvalue weighted by atomic mass is 16.2. The number of allylic oxidation sites excluding steroid dienone is 1. The minimum absolute atomic E-state index is 0.180. The summed E-state index contributed by atoms with van der Waals surface area (Å²) in [6.07, 6.45) is 11.3. The zero-order chi connectivity index (χ0) is 14.8. The van der Waals surface area contributed by atoms with Gasteiger partial charge in [-0.3, -0.25) is 4.79 Å². The molecule has 1 heterocycles. The number of hydrogen-bond donors (Lipinski definition) is 1. The van der Waals surface area contributed by atoms with Crippen molar-refractivity contribution in [1.29, 1.82) is 0 Å². The summed E-state index contributed by atoms with van der Waals surface area (Å²) < 4.78 is 0. The third-order valence-electron chi connectivity index (χ3n) is 4.97. The average Bonchev–Trinajstić information content (AvgIpc) is 2.92. The molecule has 1 saturated carbocycles. The van der Waals surface area contributed by atoms with Crippen molar-refractivity contribution in [2.75, 3.05) is 6.54 Å². The van der Waals surface area contributed by atoms with Gasteiger partial charge in [-0.25, -0.2) is 0 Å². The summed E-state index contributed by atoms with van der Waals surface area (Å²) in [5.41, 5.74) is 3.18. The van der Waals surface area contributed by atoms with Gasteiger partial charge >= 0.3 is 0 Å². The number of carbonyl (C=O) groups is 1. The highest BCUT2D eigenvalue weighted by Crippen LogP contribution is 2.29. The first-order chi connectivity index (χ1) is 10.2. The third-order valence-corrected chi connectivity index (χ3v) is 4.97. The van der Waals surface area contributed by atoms with Crippen molar-refractivity contribution in [3.05, 3.63) is 29.1 Å². The quantitative estimate of drug-likeness (QED) is 0.895. The predicted octanol–water partition coefficient (Wildman–Crippen LogP) is 4.01. The second kappa shape index (κ2) is 6.08. The number of aromatic amines is 1. The second-order valence-electron chi connectivity index (χ2n) is 6.57. The maximum Gasteiger partial charge on any atom is 0.270 e. The van der Waals surface area contributed by atoms with Crippen molar-refractivity contribution < 1.29 is 4.79 Å². The van der Waals surface area contributed by atoms with Gasteiger partial charge in [-0.2, -0.15) is 0 Å². The Labute approximate surface area is 127 Å². The summed E-state index contributed by atoms with van der Waals surface area (Å²) in [5, 5.41) is 0. The van der Waals surface area contributed by atoms with E-state index in [9.17, 15) is 4.79 Å². The van der Waals surface area contributed by atoms with E-state index in [1.165, 1.54) is 24.1 Å². The molecule has 0 aliphatic heterocycles. The van der Waals surface area contributed by atoms with E-state index in [0.717, 1.165) is 43.8 Å². The zero-order valence-corrected chi connectivity index (χ0v) is 13.2. The van der Waals surface area contributed by atoms with Crippen LogP contribution in [0.1, 0.15) is 67.7 Å². The van der Waals surface area contributed by atoms with Crippen molar-refractivity contribution in [3.8, 4) is 0 Å². The van der Waals surface area contributed by atoms with Gasteiger partial charge in [0.05, 0.1) is 0 Å². The first kappa shape index (κ1) is 14.4. The lowest BCUT2D eigenvalue weighted by atomic mass is 9.86. The topological polar surface area (TPSA) is 36.1 Å². The maximum atomic E-state index is 12.9. The van der Waals surface area contributed by atoms with Gasteiger partial charge in [0, 0.05) is 18.3 Å². The number of carbonyl (C=O) groups excluding carboxylic acids is 1. The van der Waals surface area contributed by atoms with Gasteiger partial charge in [0.1, 0.15) is 5.69 Å². The number of nitrogens with one attached hydrogen (secondary N) is 1. The van der Waals surface area contributed by atoms with Crippen LogP contribution in [0.15, 0.2) is 12.1 Å². The molecule has 1 amide bonds. The summed E-state index contributed by atoms with van der Waals surface area (Å²) in [4.78, 5) is 18.3. The summed E-state index contributed by atoms with van der Waals surface area (Å²) in [6, 6.07) is 2.45. The molecule has 114 valence electrons. The Morgan fingerprint density at radius 3 is 3.00 bits per heavy atom. The molecule has 1 aromatic heterocycles.